The first kappa shape index (κ1) is 23.5. The molecule has 6 nitrogen and oxygen atoms in total. The molecule has 0 unspecified atom stereocenters. The van der Waals surface area contributed by atoms with Gasteiger partial charge < -0.3 is 14.6 Å². The van der Waals surface area contributed by atoms with E-state index in [4.69, 9.17) is 9.79 Å². The summed E-state index contributed by atoms with van der Waals surface area (Å²) in [6.45, 7) is 0.972. The lowest BCUT2D eigenvalue weighted by Gasteiger charge is -2.01. The molecule has 0 fully saturated rings. The van der Waals surface area contributed by atoms with Gasteiger partial charge in [0.15, 0.2) is 37.9 Å². The van der Waals surface area contributed by atoms with Crippen molar-refractivity contribution in [1.29, 1.82) is 0 Å². The van der Waals surface area contributed by atoms with Gasteiger partial charge >= 0.3 is 7.60 Å². The molecule has 2 N–H and O–H groups in total. The normalized spacial score (nSPS) is 11.9. The highest BCUT2D eigenvalue weighted by molar-refractivity contribution is 7.51. The van der Waals surface area contributed by atoms with E-state index in [1.807, 2.05) is 84.0 Å². The number of nitrogens with zero attached hydrogens (tertiary/aromatic N) is 2. The van der Waals surface area contributed by atoms with Crippen molar-refractivity contribution in [2.75, 3.05) is 6.16 Å². The van der Waals surface area contributed by atoms with E-state index in [2.05, 4.69) is 18.2 Å². The van der Waals surface area contributed by atoms with Crippen LogP contribution < -0.4 is 9.13 Å². The maximum Gasteiger partial charge on any atom is 0.331 e. The fourth-order valence-electron chi connectivity index (χ4n) is 3.06. The third kappa shape index (κ3) is 8.16. The van der Waals surface area contributed by atoms with Crippen LogP contribution in [0.15, 0.2) is 73.3 Å². The number of aromatic nitrogens is 2. The van der Waals surface area contributed by atoms with Crippen molar-refractivity contribution in [1.82, 2.24) is 0 Å². The average Bonchev–Trinajstić information content (AvgIpc) is 2.80. The molecule has 0 bridgehead atoms. The molecule has 2 heterocycles. The van der Waals surface area contributed by atoms with Crippen LogP contribution in [0.5, 0.6) is 0 Å². The molecule has 3 aromatic rings. The van der Waals surface area contributed by atoms with E-state index >= 15 is 0 Å². The molecule has 0 aliphatic rings. The van der Waals surface area contributed by atoms with Crippen molar-refractivity contribution in [3.63, 3.8) is 0 Å². The maximum atomic E-state index is 11.0. The summed E-state index contributed by atoms with van der Waals surface area (Å²) in [5, 5.41) is 0. The molecule has 1 aromatic carbocycles. The number of aryl methyl sites for hydroxylation is 2. The van der Waals surface area contributed by atoms with Gasteiger partial charge in [-0.3, -0.25) is 4.57 Å². The van der Waals surface area contributed by atoms with Gasteiger partial charge in [-0.15, -0.1) is 0 Å². The van der Waals surface area contributed by atoms with Gasteiger partial charge in [0.25, 0.3) is 0 Å². The van der Waals surface area contributed by atoms with Crippen molar-refractivity contribution in [3.05, 3.63) is 95.6 Å². The van der Waals surface area contributed by atoms with Gasteiger partial charge in [-0.05, 0) is 28.3 Å². The largest absolute Gasteiger partial charge is 0.331 e. The number of carbonyl (C=O) groups is 1. The summed E-state index contributed by atoms with van der Waals surface area (Å²) in [6.07, 6.45) is 17.0. The summed E-state index contributed by atoms with van der Waals surface area (Å²) in [4.78, 5) is 28.4. The van der Waals surface area contributed by atoms with Gasteiger partial charge in [0.1, 0.15) is 12.4 Å². The molecule has 0 spiro atoms. The summed E-state index contributed by atoms with van der Waals surface area (Å²) < 4.78 is 14.7. The van der Waals surface area contributed by atoms with Crippen LogP contribution in [0, 0.1) is 0 Å². The molecular weight excluding hydrogens is 423 g/mol. The van der Waals surface area contributed by atoms with Crippen molar-refractivity contribution >= 4 is 38.2 Å². The van der Waals surface area contributed by atoms with Crippen molar-refractivity contribution in [3.8, 4) is 0 Å². The van der Waals surface area contributed by atoms with Crippen LogP contribution >= 0.6 is 7.60 Å². The Labute approximate surface area is 188 Å². The Hall–Kier alpha value is -3.18. The predicted molar refractivity (Wildman–Crippen MR) is 125 cm³/mol. The second-order valence-corrected chi connectivity index (χ2v) is 9.20. The maximum absolute atomic E-state index is 11.0. The lowest BCUT2D eigenvalue weighted by molar-refractivity contribution is -0.695. The minimum atomic E-state index is -3.99. The number of pyridine rings is 2. The number of rotatable bonds is 10. The Morgan fingerprint density at radius 1 is 0.719 bits per heavy atom. The third-order valence-electron chi connectivity index (χ3n) is 4.84. The fourth-order valence-corrected chi connectivity index (χ4v) is 3.55. The minimum absolute atomic E-state index is 0.170. The minimum Gasteiger partial charge on any atom is -0.324 e. The van der Waals surface area contributed by atoms with Crippen LogP contribution in [0.2, 0.25) is 0 Å². The summed E-state index contributed by atoms with van der Waals surface area (Å²) in [5.41, 5.74) is 4.26. The highest BCUT2D eigenvalue weighted by Crippen LogP contribution is 2.33. The molecule has 7 heteroatoms. The zero-order chi connectivity index (χ0) is 22.8. The zero-order valence-corrected chi connectivity index (χ0v) is 18.6. The van der Waals surface area contributed by atoms with Gasteiger partial charge in [0, 0.05) is 24.3 Å². The fraction of sp³-hybridized carbons (Fsp3) is 0.160. The highest BCUT2D eigenvalue weighted by atomic mass is 31.2. The lowest BCUT2D eigenvalue weighted by atomic mass is 10.1. The first-order valence-corrected chi connectivity index (χ1v) is 12.1. The van der Waals surface area contributed by atoms with Crippen molar-refractivity contribution in [2.24, 2.45) is 0 Å². The first-order chi connectivity index (χ1) is 15.4. The molecule has 0 saturated carbocycles. The average molecular weight is 450 g/mol. The third-order valence-corrected chi connectivity index (χ3v) is 5.62. The van der Waals surface area contributed by atoms with Crippen LogP contribution in [0.3, 0.4) is 0 Å². The molecule has 0 radical (unpaired) electrons. The monoisotopic (exact) mass is 450 g/mol. The standard InChI is InChI=1S/C25H25N2O4P/c28-19-2-13-26-14-9-22(10-15-26)5-7-24-3-1-4-25(21-24)8-6-23-11-16-27(17-12-23)18-20-32(29,30)31/h1,3-12,14-17,19,21H,2,13,18,20H2/p+2/b7-5+,8-6+. The molecule has 0 saturated heterocycles. The van der Waals surface area contributed by atoms with E-state index in [1.54, 1.807) is 4.57 Å². The quantitative estimate of drug-likeness (QED) is 0.282. The van der Waals surface area contributed by atoms with Crippen molar-refractivity contribution in [2.45, 2.75) is 19.5 Å². The number of carbonyl (C=O) groups excluding carboxylic acids is 1. The molecule has 32 heavy (non-hydrogen) atoms. The number of hydrogen-bond donors (Lipinski definition) is 2. The molecule has 0 aliphatic heterocycles. The number of benzene rings is 1. The first-order valence-electron chi connectivity index (χ1n) is 10.3. The van der Waals surface area contributed by atoms with E-state index in [0.717, 1.165) is 28.5 Å². The van der Waals surface area contributed by atoms with Gasteiger partial charge in [0.2, 0.25) is 0 Å². The van der Waals surface area contributed by atoms with Crippen LogP contribution in [-0.2, 0) is 22.4 Å². The Morgan fingerprint density at radius 3 is 1.66 bits per heavy atom. The Kier molecular flexibility index (Phi) is 8.40. The molecular formula is C25H27N2O4P+2. The van der Waals surface area contributed by atoms with Gasteiger partial charge in [-0.25, -0.2) is 9.13 Å². The second kappa shape index (κ2) is 11.4. The Balaban J connectivity index is 1.60. The smallest absolute Gasteiger partial charge is 0.324 e. The van der Waals surface area contributed by atoms with Gasteiger partial charge in [0.05, 0.1) is 6.42 Å². The molecule has 164 valence electrons. The molecule has 0 amide bonds. The van der Waals surface area contributed by atoms with E-state index in [-0.39, 0.29) is 12.7 Å². The van der Waals surface area contributed by atoms with Crippen LogP contribution in [-0.4, -0.2) is 22.2 Å². The van der Waals surface area contributed by atoms with Crippen molar-refractivity contribution < 1.29 is 28.3 Å². The van der Waals surface area contributed by atoms with Gasteiger partial charge in [-0.2, -0.15) is 0 Å². The van der Waals surface area contributed by atoms with E-state index < -0.39 is 7.60 Å². The van der Waals surface area contributed by atoms with Crippen LogP contribution in [0.1, 0.15) is 28.7 Å². The summed E-state index contributed by atoms with van der Waals surface area (Å²) in [7, 11) is -3.99. The Bertz CT molecular complexity index is 1130. The zero-order valence-electron chi connectivity index (χ0n) is 17.7. The molecule has 3 rings (SSSR count). The lowest BCUT2D eigenvalue weighted by Crippen LogP contribution is -2.34. The summed E-state index contributed by atoms with van der Waals surface area (Å²) in [5.74, 6) is 0. The number of aldehydes is 1. The van der Waals surface area contributed by atoms with E-state index in [9.17, 15) is 9.36 Å². The molecule has 0 aliphatic carbocycles. The van der Waals surface area contributed by atoms with Gasteiger partial charge in [-0.1, -0.05) is 42.5 Å². The summed E-state index contributed by atoms with van der Waals surface area (Å²) in [6, 6.07) is 16.1. The highest BCUT2D eigenvalue weighted by Gasteiger charge is 2.15. The topological polar surface area (TPSA) is 82.4 Å². The number of hydrogen-bond acceptors (Lipinski definition) is 2. The van der Waals surface area contributed by atoms with E-state index in [0.29, 0.717) is 13.0 Å². The molecule has 0 atom stereocenters. The van der Waals surface area contributed by atoms with E-state index in [1.165, 1.54) is 0 Å². The summed E-state index contributed by atoms with van der Waals surface area (Å²) >= 11 is 0. The molecule has 2 aromatic heterocycles. The predicted octanol–water partition coefficient (Wildman–Crippen LogP) is 3.37. The SMILES string of the molecule is O=CCC[n+]1ccc(/C=C/c2cccc(/C=C/c3cc[n+](CCP(=O)(O)O)cc3)c2)cc1. The second-order valence-electron chi connectivity index (χ2n) is 7.42. The van der Waals surface area contributed by atoms with Crippen LogP contribution in [0.4, 0.5) is 0 Å². The van der Waals surface area contributed by atoms with Crippen LogP contribution in [0.25, 0.3) is 24.3 Å². The Morgan fingerprint density at radius 2 is 1.19 bits per heavy atom.